The summed E-state index contributed by atoms with van der Waals surface area (Å²) >= 11 is 0. The summed E-state index contributed by atoms with van der Waals surface area (Å²) in [7, 11) is 0. The molecule has 0 aliphatic heterocycles. The van der Waals surface area contributed by atoms with Crippen molar-refractivity contribution < 1.29 is 0 Å². The second kappa shape index (κ2) is 3.35. The summed E-state index contributed by atoms with van der Waals surface area (Å²) in [5.41, 5.74) is 2.51. The Morgan fingerprint density at radius 3 is 3.00 bits per heavy atom. The Balaban J connectivity index is 2.70. The van der Waals surface area contributed by atoms with Crippen LogP contribution in [0.15, 0.2) is 28.8 Å². The zero-order valence-corrected chi connectivity index (χ0v) is 6.59. The van der Waals surface area contributed by atoms with Crippen molar-refractivity contribution in [2.45, 2.75) is 20.3 Å². The Bertz CT molecular complexity index is 197. The fourth-order valence-electron chi connectivity index (χ4n) is 1.01. The quantitative estimate of drug-likeness (QED) is 0.523. The smallest absolute Gasteiger partial charge is 0.0570 e. The Morgan fingerprint density at radius 2 is 2.40 bits per heavy atom. The zero-order valence-electron chi connectivity index (χ0n) is 6.59. The van der Waals surface area contributed by atoms with E-state index >= 15 is 0 Å². The van der Waals surface area contributed by atoms with E-state index in [1.165, 1.54) is 5.57 Å². The summed E-state index contributed by atoms with van der Waals surface area (Å²) in [5, 5.41) is 0. The van der Waals surface area contributed by atoms with Crippen LogP contribution in [-0.2, 0) is 0 Å². The van der Waals surface area contributed by atoms with E-state index in [1.54, 1.807) is 0 Å². The second-order valence-corrected chi connectivity index (χ2v) is 2.50. The fraction of sp³-hybridized carbons (Fsp3) is 0.444. The third kappa shape index (κ3) is 1.83. The molecule has 1 rings (SSSR count). The molecular weight excluding hydrogens is 122 g/mol. The summed E-state index contributed by atoms with van der Waals surface area (Å²) in [6.45, 7) is 5.07. The Morgan fingerprint density at radius 1 is 1.60 bits per heavy atom. The Hall–Kier alpha value is -0.850. The van der Waals surface area contributed by atoms with Crippen LogP contribution in [0.25, 0.3) is 0 Å². The van der Waals surface area contributed by atoms with Gasteiger partial charge in [0.05, 0.1) is 5.71 Å². The van der Waals surface area contributed by atoms with Gasteiger partial charge in [0, 0.05) is 6.54 Å². The number of aliphatic imine (C=N–C) groups is 1. The van der Waals surface area contributed by atoms with Crippen LogP contribution in [0, 0.1) is 0 Å². The van der Waals surface area contributed by atoms with Crippen LogP contribution in [0.4, 0.5) is 0 Å². The average Bonchev–Trinajstić information content (AvgIpc) is 1.88. The van der Waals surface area contributed by atoms with Gasteiger partial charge in [-0.15, -0.1) is 0 Å². The van der Waals surface area contributed by atoms with Crippen molar-refractivity contribution in [2.24, 2.45) is 4.99 Å². The molecule has 1 nitrogen and oxygen atoms in total. The largest absolute Gasteiger partial charge is 0.286 e. The first kappa shape index (κ1) is 7.26. The van der Waals surface area contributed by atoms with Gasteiger partial charge in [-0.3, -0.25) is 4.99 Å². The van der Waals surface area contributed by atoms with Crippen molar-refractivity contribution in [3.8, 4) is 0 Å². The summed E-state index contributed by atoms with van der Waals surface area (Å²) in [6, 6.07) is 0. The minimum Gasteiger partial charge on any atom is -0.286 e. The summed E-state index contributed by atoms with van der Waals surface area (Å²) in [4.78, 5) is 4.29. The maximum absolute atomic E-state index is 4.29. The lowest BCUT2D eigenvalue weighted by Gasteiger charge is -2.02. The summed E-state index contributed by atoms with van der Waals surface area (Å²) < 4.78 is 0. The maximum Gasteiger partial charge on any atom is 0.0570 e. The Kier molecular flexibility index (Phi) is 2.43. The number of allylic oxidation sites excluding steroid dienone is 4. The van der Waals surface area contributed by atoms with Crippen LogP contribution in [0.5, 0.6) is 0 Å². The van der Waals surface area contributed by atoms with Crippen molar-refractivity contribution in [1.29, 1.82) is 0 Å². The van der Waals surface area contributed by atoms with E-state index in [0.717, 1.165) is 18.7 Å². The van der Waals surface area contributed by atoms with Gasteiger partial charge in [-0.1, -0.05) is 11.6 Å². The van der Waals surface area contributed by atoms with Gasteiger partial charge in [-0.05, 0) is 32.4 Å². The lowest BCUT2D eigenvalue weighted by molar-refractivity contribution is 1.12. The second-order valence-electron chi connectivity index (χ2n) is 2.50. The van der Waals surface area contributed by atoms with Gasteiger partial charge in [0.25, 0.3) is 0 Å². The molecule has 0 fully saturated rings. The first-order valence-corrected chi connectivity index (χ1v) is 3.71. The molecule has 0 N–H and O–H groups in total. The van der Waals surface area contributed by atoms with E-state index in [2.05, 4.69) is 37.1 Å². The molecule has 0 bridgehead atoms. The number of hydrogen-bond donors (Lipinski definition) is 0. The van der Waals surface area contributed by atoms with Crippen molar-refractivity contribution >= 4 is 5.71 Å². The fourth-order valence-corrected chi connectivity index (χ4v) is 1.01. The van der Waals surface area contributed by atoms with Gasteiger partial charge in [0.2, 0.25) is 0 Å². The SMILES string of the molecule is CCN=C1C=CCC(C)=C1. The first-order valence-electron chi connectivity index (χ1n) is 3.71. The predicted octanol–water partition coefficient (Wildman–Crippen LogP) is 2.35. The molecule has 0 unspecified atom stereocenters. The number of nitrogens with zero attached hydrogens (tertiary/aromatic N) is 1. The molecule has 0 atom stereocenters. The van der Waals surface area contributed by atoms with Crippen molar-refractivity contribution in [3.63, 3.8) is 0 Å². The van der Waals surface area contributed by atoms with Crippen molar-refractivity contribution in [2.75, 3.05) is 6.54 Å². The van der Waals surface area contributed by atoms with Gasteiger partial charge in [-0.25, -0.2) is 0 Å². The van der Waals surface area contributed by atoms with E-state index in [1.807, 2.05) is 0 Å². The monoisotopic (exact) mass is 135 g/mol. The number of rotatable bonds is 1. The molecule has 0 saturated heterocycles. The number of hydrogen-bond acceptors (Lipinski definition) is 1. The molecule has 1 aliphatic rings. The van der Waals surface area contributed by atoms with Crippen molar-refractivity contribution in [1.82, 2.24) is 0 Å². The lowest BCUT2D eigenvalue weighted by atomic mass is 10.1. The molecule has 1 aliphatic carbocycles. The Labute approximate surface area is 62.2 Å². The molecular formula is C9H13N. The van der Waals surface area contributed by atoms with Crippen LogP contribution in [0.1, 0.15) is 20.3 Å². The average molecular weight is 135 g/mol. The molecule has 1 heteroatoms. The van der Waals surface area contributed by atoms with Gasteiger partial charge in [0.1, 0.15) is 0 Å². The maximum atomic E-state index is 4.29. The highest BCUT2D eigenvalue weighted by Crippen LogP contribution is 2.07. The zero-order chi connectivity index (χ0) is 7.40. The molecule has 0 radical (unpaired) electrons. The van der Waals surface area contributed by atoms with Crippen molar-refractivity contribution in [3.05, 3.63) is 23.8 Å². The van der Waals surface area contributed by atoms with Gasteiger partial charge in [0.15, 0.2) is 0 Å². The molecule has 54 valence electrons. The normalized spacial score (nSPS) is 21.4. The van der Waals surface area contributed by atoms with E-state index in [-0.39, 0.29) is 0 Å². The van der Waals surface area contributed by atoms with E-state index in [0.29, 0.717) is 0 Å². The molecule has 0 spiro atoms. The lowest BCUT2D eigenvalue weighted by Crippen LogP contribution is -1.95. The van der Waals surface area contributed by atoms with Crippen LogP contribution < -0.4 is 0 Å². The van der Waals surface area contributed by atoms with Crippen LogP contribution in [0.3, 0.4) is 0 Å². The molecule has 0 saturated carbocycles. The molecule has 0 heterocycles. The highest BCUT2D eigenvalue weighted by molar-refractivity contribution is 6.05. The molecule has 0 aromatic rings. The standard InChI is InChI=1S/C9H13N/c1-3-10-9-6-4-5-8(2)7-9/h4,6-7H,3,5H2,1-2H3. The third-order valence-corrected chi connectivity index (χ3v) is 1.46. The molecule has 10 heavy (non-hydrogen) atoms. The van der Waals surface area contributed by atoms with Gasteiger partial charge in [-0.2, -0.15) is 0 Å². The topological polar surface area (TPSA) is 12.4 Å². The highest BCUT2D eigenvalue weighted by atomic mass is 14.7. The molecule has 0 aromatic carbocycles. The van der Waals surface area contributed by atoms with Crippen LogP contribution in [-0.4, -0.2) is 12.3 Å². The van der Waals surface area contributed by atoms with Crippen LogP contribution in [0.2, 0.25) is 0 Å². The summed E-state index contributed by atoms with van der Waals surface area (Å²) in [6.07, 6.45) is 7.46. The minimum absolute atomic E-state index is 0.878. The van der Waals surface area contributed by atoms with E-state index in [9.17, 15) is 0 Å². The predicted molar refractivity (Wildman–Crippen MR) is 45.5 cm³/mol. The summed E-state index contributed by atoms with van der Waals surface area (Å²) in [5.74, 6) is 0. The minimum atomic E-state index is 0.878. The highest BCUT2D eigenvalue weighted by Gasteiger charge is 1.95. The molecule has 0 aromatic heterocycles. The first-order chi connectivity index (χ1) is 4.83. The van der Waals surface area contributed by atoms with E-state index in [4.69, 9.17) is 0 Å². The van der Waals surface area contributed by atoms with Crippen LogP contribution >= 0.6 is 0 Å². The van der Waals surface area contributed by atoms with Gasteiger partial charge < -0.3 is 0 Å². The van der Waals surface area contributed by atoms with E-state index < -0.39 is 0 Å². The third-order valence-electron chi connectivity index (χ3n) is 1.46. The van der Waals surface area contributed by atoms with Gasteiger partial charge >= 0.3 is 0 Å². The molecule has 0 amide bonds.